The third-order valence-electron chi connectivity index (χ3n) is 5.50. The summed E-state index contributed by atoms with van der Waals surface area (Å²) in [6.45, 7) is 0.760. The Morgan fingerprint density at radius 2 is 1.25 bits per heavy atom. The van der Waals surface area contributed by atoms with Crippen LogP contribution in [0.4, 0.5) is 0 Å². The van der Waals surface area contributed by atoms with Crippen LogP contribution in [0.25, 0.3) is 0 Å². The van der Waals surface area contributed by atoms with Gasteiger partial charge in [0.1, 0.15) is 0 Å². The predicted molar refractivity (Wildman–Crippen MR) is 103 cm³/mol. The molecule has 0 radical (unpaired) electrons. The van der Waals surface area contributed by atoms with E-state index in [1.165, 1.54) is 0 Å². The smallest absolute Gasteiger partial charge is 0.231 e. The first-order chi connectivity index (χ1) is 13.8. The first-order valence-corrected chi connectivity index (χ1v) is 9.75. The molecule has 2 aromatic rings. The number of hydrogen-bond donors (Lipinski definition) is 2. The summed E-state index contributed by atoms with van der Waals surface area (Å²) in [5, 5.41) is 19.4. The number of aliphatic hydroxyl groups excluding tert-OH is 2. The van der Waals surface area contributed by atoms with Crippen molar-refractivity contribution >= 4 is 0 Å². The topological polar surface area (TPSA) is 77.4 Å². The SMILES string of the molecule is OCCC[C@H](Cc1ccc2c(c1)OCO2)[C@H](CO)Cc1ccc2c(c1)OCO2. The van der Waals surface area contributed by atoms with Gasteiger partial charge in [-0.25, -0.2) is 0 Å². The van der Waals surface area contributed by atoms with Crippen LogP contribution in [0.15, 0.2) is 36.4 Å². The van der Waals surface area contributed by atoms with Gasteiger partial charge in [-0.05, 0) is 72.9 Å². The molecule has 2 N–H and O–H groups in total. The maximum absolute atomic E-state index is 10.1. The second kappa shape index (κ2) is 8.71. The molecule has 0 amide bonds. The Kier molecular flexibility index (Phi) is 5.88. The minimum Gasteiger partial charge on any atom is -0.454 e. The van der Waals surface area contributed by atoms with Crippen molar-refractivity contribution in [3.05, 3.63) is 47.5 Å². The van der Waals surface area contributed by atoms with Gasteiger partial charge in [0, 0.05) is 13.2 Å². The van der Waals surface area contributed by atoms with Gasteiger partial charge >= 0.3 is 0 Å². The van der Waals surface area contributed by atoms with Crippen molar-refractivity contribution in [3.63, 3.8) is 0 Å². The fourth-order valence-corrected chi connectivity index (χ4v) is 3.98. The standard InChI is InChI=1S/C22H26O6/c23-7-1-2-17(8-15-3-5-19-21(10-15)27-13-25-19)18(12-24)9-16-4-6-20-22(11-16)28-14-26-20/h3-6,10-11,17-18,23-24H,1-2,7-9,12-14H2/t17-,18+/m1/s1. The third-order valence-corrected chi connectivity index (χ3v) is 5.50. The first kappa shape index (κ1) is 18.9. The van der Waals surface area contributed by atoms with Gasteiger partial charge in [-0.2, -0.15) is 0 Å². The molecule has 0 saturated carbocycles. The summed E-state index contributed by atoms with van der Waals surface area (Å²) in [7, 11) is 0. The quantitative estimate of drug-likeness (QED) is 0.690. The lowest BCUT2D eigenvalue weighted by atomic mass is 9.80. The van der Waals surface area contributed by atoms with Gasteiger partial charge in [0.05, 0.1) is 0 Å². The van der Waals surface area contributed by atoms with Gasteiger partial charge in [-0.1, -0.05) is 12.1 Å². The lowest BCUT2D eigenvalue weighted by Gasteiger charge is -2.26. The van der Waals surface area contributed by atoms with Crippen molar-refractivity contribution in [3.8, 4) is 23.0 Å². The van der Waals surface area contributed by atoms with Crippen molar-refractivity contribution in [2.24, 2.45) is 11.8 Å². The Labute approximate surface area is 164 Å². The highest BCUT2D eigenvalue weighted by molar-refractivity contribution is 5.45. The third kappa shape index (κ3) is 4.18. The van der Waals surface area contributed by atoms with Crippen LogP contribution in [0.3, 0.4) is 0 Å². The zero-order valence-electron chi connectivity index (χ0n) is 15.8. The van der Waals surface area contributed by atoms with Gasteiger partial charge in [-0.15, -0.1) is 0 Å². The van der Waals surface area contributed by atoms with Crippen LogP contribution in [-0.4, -0.2) is 37.0 Å². The van der Waals surface area contributed by atoms with E-state index in [4.69, 9.17) is 18.9 Å². The van der Waals surface area contributed by atoms with Crippen LogP contribution >= 0.6 is 0 Å². The maximum Gasteiger partial charge on any atom is 0.231 e. The molecule has 2 aliphatic rings. The highest BCUT2D eigenvalue weighted by Gasteiger charge is 2.24. The molecule has 2 heterocycles. The second-order valence-electron chi connectivity index (χ2n) is 7.35. The van der Waals surface area contributed by atoms with Crippen LogP contribution in [0.1, 0.15) is 24.0 Å². The van der Waals surface area contributed by atoms with E-state index < -0.39 is 0 Å². The fourth-order valence-electron chi connectivity index (χ4n) is 3.98. The molecule has 2 aliphatic heterocycles. The van der Waals surface area contributed by atoms with Crippen molar-refractivity contribution in [2.75, 3.05) is 26.8 Å². The number of fused-ring (bicyclic) bond motifs is 2. The molecule has 0 aliphatic carbocycles. The molecule has 0 bridgehead atoms. The molecule has 0 spiro atoms. The molecule has 2 aromatic carbocycles. The Hall–Kier alpha value is -2.44. The van der Waals surface area contributed by atoms with Crippen LogP contribution in [0.5, 0.6) is 23.0 Å². The van der Waals surface area contributed by atoms with Crippen LogP contribution in [-0.2, 0) is 12.8 Å². The summed E-state index contributed by atoms with van der Waals surface area (Å²) in [4.78, 5) is 0. The number of hydrogen-bond acceptors (Lipinski definition) is 6. The molecule has 0 unspecified atom stereocenters. The van der Waals surface area contributed by atoms with Crippen LogP contribution in [0.2, 0.25) is 0 Å². The van der Waals surface area contributed by atoms with E-state index in [2.05, 4.69) is 6.07 Å². The molecule has 2 atom stereocenters. The lowest BCUT2D eigenvalue weighted by Crippen LogP contribution is -2.23. The lowest BCUT2D eigenvalue weighted by molar-refractivity contribution is 0.158. The molecule has 0 saturated heterocycles. The summed E-state index contributed by atoms with van der Waals surface area (Å²) in [5.41, 5.74) is 2.26. The highest BCUT2D eigenvalue weighted by Crippen LogP contribution is 2.36. The zero-order valence-corrected chi connectivity index (χ0v) is 15.8. The van der Waals surface area contributed by atoms with Crippen molar-refractivity contribution in [1.82, 2.24) is 0 Å². The monoisotopic (exact) mass is 386 g/mol. The Morgan fingerprint density at radius 3 is 1.79 bits per heavy atom. The Bertz CT molecular complexity index is 806. The summed E-state index contributed by atoms with van der Waals surface area (Å²) in [6.07, 6.45) is 3.12. The van der Waals surface area contributed by atoms with E-state index in [0.717, 1.165) is 53.4 Å². The van der Waals surface area contributed by atoms with Crippen LogP contribution in [0, 0.1) is 11.8 Å². The van der Waals surface area contributed by atoms with Crippen molar-refractivity contribution in [2.45, 2.75) is 25.7 Å². The molecule has 0 fully saturated rings. The van der Waals surface area contributed by atoms with E-state index in [1.807, 2.05) is 30.3 Å². The molecule has 150 valence electrons. The summed E-state index contributed by atoms with van der Waals surface area (Å²) >= 11 is 0. The van der Waals surface area contributed by atoms with Gasteiger partial charge in [0.15, 0.2) is 23.0 Å². The number of rotatable bonds is 9. The predicted octanol–water partition coefficient (Wildman–Crippen LogP) is 2.93. The molecule has 6 heteroatoms. The van der Waals surface area contributed by atoms with E-state index >= 15 is 0 Å². The average Bonchev–Trinajstić information content (AvgIpc) is 3.37. The van der Waals surface area contributed by atoms with Crippen LogP contribution < -0.4 is 18.9 Å². The minimum atomic E-state index is 0.0809. The van der Waals surface area contributed by atoms with Gasteiger partial charge < -0.3 is 29.2 Å². The van der Waals surface area contributed by atoms with E-state index in [-0.39, 0.29) is 38.6 Å². The molecular formula is C22H26O6. The Balaban J connectivity index is 1.49. The molecule has 6 nitrogen and oxygen atoms in total. The van der Waals surface area contributed by atoms with Gasteiger partial charge in [0.2, 0.25) is 13.6 Å². The van der Waals surface area contributed by atoms with Gasteiger partial charge in [-0.3, -0.25) is 0 Å². The first-order valence-electron chi connectivity index (χ1n) is 9.75. The minimum absolute atomic E-state index is 0.0809. The molecule has 28 heavy (non-hydrogen) atoms. The Morgan fingerprint density at radius 1 is 0.714 bits per heavy atom. The van der Waals surface area contributed by atoms with Crippen molar-refractivity contribution in [1.29, 1.82) is 0 Å². The average molecular weight is 386 g/mol. The fraction of sp³-hybridized carbons (Fsp3) is 0.455. The summed E-state index contributed by atoms with van der Waals surface area (Å²) < 4.78 is 21.7. The molecule has 0 aromatic heterocycles. The molecular weight excluding hydrogens is 360 g/mol. The highest BCUT2D eigenvalue weighted by atomic mass is 16.7. The zero-order chi connectivity index (χ0) is 19.3. The van der Waals surface area contributed by atoms with Crippen molar-refractivity contribution < 1.29 is 29.2 Å². The number of ether oxygens (including phenoxy) is 4. The van der Waals surface area contributed by atoms with E-state index in [1.54, 1.807) is 0 Å². The second-order valence-corrected chi connectivity index (χ2v) is 7.35. The normalized spacial score (nSPS) is 16.2. The van der Waals surface area contributed by atoms with E-state index in [0.29, 0.717) is 6.42 Å². The summed E-state index contributed by atoms with van der Waals surface area (Å²) in [6, 6.07) is 11.9. The van der Waals surface area contributed by atoms with E-state index in [9.17, 15) is 10.2 Å². The number of benzene rings is 2. The largest absolute Gasteiger partial charge is 0.454 e. The maximum atomic E-state index is 10.1. The summed E-state index contributed by atoms with van der Waals surface area (Å²) in [5.74, 6) is 3.39. The molecule has 4 rings (SSSR count). The van der Waals surface area contributed by atoms with Gasteiger partial charge in [0.25, 0.3) is 0 Å². The number of aliphatic hydroxyl groups is 2.